The molecule has 8 nitrogen and oxygen atoms in total. The van der Waals surface area contributed by atoms with E-state index < -0.39 is 22.0 Å². The number of hydrogen-bond acceptors (Lipinski definition) is 5. The number of pyridine rings is 1. The molecular weight excluding hydrogens is 310 g/mol. The third kappa shape index (κ3) is 2.58. The number of carboxylic acid groups (broad SMARTS) is 1. The molecule has 2 aromatic rings. The quantitative estimate of drug-likeness (QED) is 0.843. The second-order valence-corrected chi connectivity index (χ2v) is 6.85. The third-order valence-electron chi connectivity index (χ3n) is 3.58. The molecule has 3 heterocycles. The van der Waals surface area contributed by atoms with Crippen LogP contribution >= 0.6 is 0 Å². The summed E-state index contributed by atoms with van der Waals surface area (Å²) in [5.74, 6) is -1.06. The number of hydrogen-bond donors (Lipinski definition) is 2. The Hall–Kier alpha value is -1.97. The van der Waals surface area contributed by atoms with E-state index in [9.17, 15) is 13.2 Å². The molecule has 1 aliphatic rings. The SMILES string of the molecule is O=C(O)CC1COCCN1S(=O)(=O)c1c[nH]c2ncccc12. The number of rotatable bonds is 4. The third-order valence-corrected chi connectivity index (χ3v) is 5.58. The Bertz CT molecular complexity index is 801. The maximum absolute atomic E-state index is 12.9. The van der Waals surface area contributed by atoms with Crippen molar-refractivity contribution in [3.8, 4) is 0 Å². The van der Waals surface area contributed by atoms with Crippen molar-refractivity contribution in [2.45, 2.75) is 17.4 Å². The number of carboxylic acids is 1. The average molecular weight is 325 g/mol. The zero-order valence-corrected chi connectivity index (χ0v) is 12.4. The van der Waals surface area contributed by atoms with Crippen LogP contribution in [0.4, 0.5) is 0 Å². The highest BCUT2D eigenvalue weighted by atomic mass is 32.2. The predicted molar refractivity (Wildman–Crippen MR) is 76.8 cm³/mol. The van der Waals surface area contributed by atoms with E-state index in [1.54, 1.807) is 18.3 Å². The lowest BCUT2D eigenvalue weighted by Gasteiger charge is -2.33. The van der Waals surface area contributed by atoms with Crippen molar-refractivity contribution in [3.05, 3.63) is 24.5 Å². The normalized spacial score (nSPS) is 20.3. The zero-order valence-electron chi connectivity index (χ0n) is 11.6. The number of fused-ring (bicyclic) bond motifs is 1. The summed E-state index contributed by atoms with van der Waals surface area (Å²) >= 11 is 0. The average Bonchev–Trinajstić information content (AvgIpc) is 2.91. The van der Waals surface area contributed by atoms with Gasteiger partial charge in [0.05, 0.1) is 25.7 Å². The van der Waals surface area contributed by atoms with Crippen LogP contribution in [0.1, 0.15) is 6.42 Å². The highest BCUT2D eigenvalue weighted by molar-refractivity contribution is 7.89. The minimum absolute atomic E-state index is 0.0755. The predicted octanol–water partition coefficient (Wildman–Crippen LogP) is 0.427. The molecule has 2 aromatic heterocycles. The topological polar surface area (TPSA) is 113 Å². The molecule has 1 unspecified atom stereocenters. The van der Waals surface area contributed by atoms with Crippen LogP contribution in [0.3, 0.4) is 0 Å². The molecule has 1 saturated heterocycles. The number of aromatic nitrogens is 2. The number of aromatic amines is 1. The molecule has 0 bridgehead atoms. The van der Waals surface area contributed by atoms with Crippen molar-refractivity contribution >= 4 is 27.0 Å². The van der Waals surface area contributed by atoms with Crippen molar-refractivity contribution in [1.82, 2.24) is 14.3 Å². The van der Waals surface area contributed by atoms with Gasteiger partial charge in [0.25, 0.3) is 0 Å². The van der Waals surface area contributed by atoms with Gasteiger partial charge in [0, 0.05) is 24.3 Å². The Balaban J connectivity index is 2.02. The van der Waals surface area contributed by atoms with Crippen molar-refractivity contribution in [2.24, 2.45) is 0 Å². The van der Waals surface area contributed by atoms with Gasteiger partial charge in [-0.05, 0) is 12.1 Å². The number of H-pyrrole nitrogens is 1. The summed E-state index contributed by atoms with van der Waals surface area (Å²) in [7, 11) is -3.82. The van der Waals surface area contributed by atoms with Crippen LogP contribution < -0.4 is 0 Å². The number of carbonyl (C=O) groups is 1. The molecule has 22 heavy (non-hydrogen) atoms. The molecule has 1 fully saturated rings. The van der Waals surface area contributed by atoms with Crippen LogP contribution in [0, 0.1) is 0 Å². The van der Waals surface area contributed by atoms with Crippen molar-refractivity contribution in [2.75, 3.05) is 19.8 Å². The molecule has 9 heteroatoms. The summed E-state index contributed by atoms with van der Waals surface area (Å²) in [4.78, 5) is 17.9. The monoisotopic (exact) mass is 325 g/mol. The second-order valence-electron chi connectivity index (χ2n) is 4.99. The summed E-state index contributed by atoms with van der Waals surface area (Å²) in [6.07, 6.45) is 2.66. The van der Waals surface area contributed by atoms with Gasteiger partial charge in [-0.3, -0.25) is 4.79 Å². The smallest absolute Gasteiger partial charge is 0.305 e. The fourth-order valence-electron chi connectivity index (χ4n) is 2.59. The lowest BCUT2D eigenvalue weighted by atomic mass is 10.2. The molecule has 0 spiro atoms. The van der Waals surface area contributed by atoms with Gasteiger partial charge < -0.3 is 14.8 Å². The van der Waals surface area contributed by atoms with Crippen LogP contribution in [0.15, 0.2) is 29.4 Å². The number of morpholine rings is 1. The van der Waals surface area contributed by atoms with E-state index in [-0.39, 0.29) is 31.1 Å². The first-order valence-corrected chi connectivity index (χ1v) is 8.17. The van der Waals surface area contributed by atoms with Crippen molar-refractivity contribution in [3.63, 3.8) is 0 Å². The molecule has 0 radical (unpaired) electrons. The number of aliphatic carboxylic acids is 1. The first-order chi connectivity index (χ1) is 10.5. The number of nitrogens with zero attached hydrogens (tertiary/aromatic N) is 2. The van der Waals surface area contributed by atoms with Gasteiger partial charge >= 0.3 is 5.97 Å². The maximum Gasteiger partial charge on any atom is 0.305 e. The van der Waals surface area contributed by atoms with Crippen molar-refractivity contribution < 1.29 is 23.1 Å². The Morgan fingerprint density at radius 1 is 1.55 bits per heavy atom. The second kappa shape index (κ2) is 5.67. The Kier molecular flexibility index (Phi) is 3.85. The van der Waals surface area contributed by atoms with Gasteiger partial charge in [-0.15, -0.1) is 0 Å². The van der Waals surface area contributed by atoms with E-state index in [1.807, 2.05) is 0 Å². The van der Waals surface area contributed by atoms with E-state index in [0.717, 1.165) is 0 Å². The highest BCUT2D eigenvalue weighted by Gasteiger charge is 2.36. The number of nitrogens with one attached hydrogen (secondary N) is 1. The lowest BCUT2D eigenvalue weighted by Crippen LogP contribution is -2.49. The van der Waals surface area contributed by atoms with Crippen LogP contribution in [-0.2, 0) is 19.6 Å². The first kappa shape index (κ1) is 14.9. The van der Waals surface area contributed by atoms with Crippen LogP contribution in [0.5, 0.6) is 0 Å². The Morgan fingerprint density at radius 3 is 3.14 bits per heavy atom. The molecule has 3 rings (SSSR count). The van der Waals surface area contributed by atoms with Gasteiger partial charge in [-0.1, -0.05) is 0 Å². The fraction of sp³-hybridized carbons (Fsp3) is 0.385. The Labute approximate surface area is 126 Å². The van der Waals surface area contributed by atoms with E-state index in [4.69, 9.17) is 9.84 Å². The van der Waals surface area contributed by atoms with Gasteiger partial charge in [0.1, 0.15) is 10.5 Å². The molecule has 118 valence electrons. The highest BCUT2D eigenvalue weighted by Crippen LogP contribution is 2.27. The Morgan fingerprint density at radius 2 is 2.36 bits per heavy atom. The molecule has 1 atom stereocenters. The van der Waals surface area contributed by atoms with E-state index in [0.29, 0.717) is 11.0 Å². The summed E-state index contributed by atoms with van der Waals surface area (Å²) in [6.45, 7) is 0.454. The first-order valence-electron chi connectivity index (χ1n) is 6.73. The van der Waals surface area contributed by atoms with Crippen LogP contribution in [0.25, 0.3) is 11.0 Å². The minimum Gasteiger partial charge on any atom is -0.481 e. The summed E-state index contributed by atoms with van der Waals surface area (Å²) in [6, 6.07) is 2.61. The fourth-order valence-corrected chi connectivity index (χ4v) is 4.33. The van der Waals surface area contributed by atoms with Crippen LogP contribution in [0.2, 0.25) is 0 Å². The maximum atomic E-state index is 12.9. The molecule has 0 aliphatic carbocycles. The van der Waals surface area contributed by atoms with Crippen LogP contribution in [-0.4, -0.2) is 59.6 Å². The summed E-state index contributed by atoms with van der Waals surface area (Å²) in [5, 5.41) is 9.45. The lowest BCUT2D eigenvalue weighted by molar-refractivity contribution is -0.139. The van der Waals surface area contributed by atoms with E-state index in [2.05, 4.69) is 9.97 Å². The molecule has 1 aliphatic heterocycles. The summed E-state index contributed by atoms with van der Waals surface area (Å²) in [5.41, 5.74) is 0.476. The number of ether oxygens (including phenoxy) is 1. The zero-order chi connectivity index (χ0) is 15.7. The van der Waals surface area contributed by atoms with E-state index in [1.165, 1.54) is 10.5 Å². The molecule has 0 amide bonds. The molecule has 2 N–H and O–H groups in total. The summed E-state index contributed by atoms with van der Waals surface area (Å²) < 4.78 is 32.2. The van der Waals surface area contributed by atoms with Gasteiger partial charge in [0.2, 0.25) is 10.0 Å². The number of sulfonamides is 1. The standard InChI is InChI=1S/C13H15N3O5S/c17-12(18)6-9-8-21-5-4-16(9)22(19,20)11-7-15-13-10(11)2-1-3-14-13/h1-3,7,9H,4-6,8H2,(H,14,15)(H,17,18). The van der Waals surface area contributed by atoms with Crippen molar-refractivity contribution in [1.29, 1.82) is 0 Å². The molecule has 0 saturated carbocycles. The van der Waals surface area contributed by atoms with E-state index >= 15 is 0 Å². The largest absolute Gasteiger partial charge is 0.481 e. The van der Waals surface area contributed by atoms with Gasteiger partial charge in [-0.25, -0.2) is 13.4 Å². The molecule has 0 aromatic carbocycles. The minimum atomic E-state index is -3.82. The van der Waals surface area contributed by atoms with Gasteiger partial charge in [-0.2, -0.15) is 4.31 Å². The van der Waals surface area contributed by atoms with Gasteiger partial charge in [0.15, 0.2) is 0 Å². The molecular formula is C13H15N3O5S.